The molecule has 0 aliphatic rings. The zero-order valence-electron chi connectivity index (χ0n) is 15.1. The van der Waals surface area contributed by atoms with E-state index in [1.54, 1.807) is 0 Å². The third kappa shape index (κ3) is 3.72. The maximum atomic E-state index is 12.8. The minimum atomic E-state index is -0.342. The molecule has 0 aliphatic carbocycles. The minimum absolute atomic E-state index is 0.246. The van der Waals surface area contributed by atoms with E-state index in [0.29, 0.717) is 5.56 Å². The quantitative estimate of drug-likeness (QED) is 0.450. The Bertz CT molecular complexity index is 1090. The second kappa shape index (κ2) is 7.42. The Kier molecular flexibility index (Phi) is 4.67. The Balaban J connectivity index is 1.72. The van der Waals surface area contributed by atoms with Gasteiger partial charge in [-0.3, -0.25) is 0 Å². The summed E-state index contributed by atoms with van der Waals surface area (Å²) in [5.74, 6) is -0.342. The van der Waals surface area contributed by atoms with Gasteiger partial charge < -0.3 is 4.74 Å². The first-order valence-corrected chi connectivity index (χ1v) is 8.88. The minimum Gasteiger partial charge on any atom is -0.457 e. The molecule has 0 saturated heterocycles. The molecule has 1 heterocycles. The Morgan fingerprint density at radius 3 is 2.37 bits per heavy atom. The summed E-state index contributed by atoms with van der Waals surface area (Å²) in [6.45, 7) is 2.29. The van der Waals surface area contributed by atoms with Crippen LogP contribution in [-0.4, -0.2) is 11.0 Å². The molecule has 0 fully saturated rings. The number of pyridine rings is 1. The highest BCUT2D eigenvalue weighted by Gasteiger charge is 2.15. The average molecular weight is 353 g/mol. The van der Waals surface area contributed by atoms with Gasteiger partial charge in [-0.2, -0.15) is 0 Å². The molecular formula is C24H19NO2. The molecule has 3 heteroatoms. The van der Waals surface area contributed by atoms with Gasteiger partial charge in [0, 0.05) is 10.9 Å². The van der Waals surface area contributed by atoms with Gasteiger partial charge in [-0.15, -0.1) is 0 Å². The molecule has 0 saturated carbocycles. The fourth-order valence-corrected chi connectivity index (χ4v) is 3.02. The fourth-order valence-electron chi connectivity index (χ4n) is 3.02. The third-order valence-electron chi connectivity index (χ3n) is 4.50. The van der Waals surface area contributed by atoms with Crippen LogP contribution in [0.15, 0.2) is 84.9 Å². The van der Waals surface area contributed by atoms with Crippen molar-refractivity contribution in [3.8, 4) is 11.3 Å². The number of nitrogens with zero attached hydrogens (tertiary/aromatic N) is 1. The summed E-state index contributed by atoms with van der Waals surface area (Å²) >= 11 is 0. The number of esters is 1. The van der Waals surface area contributed by atoms with Crippen molar-refractivity contribution < 1.29 is 9.53 Å². The largest absolute Gasteiger partial charge is 0.457 e. The summed E-state index contributed by atoms with van der Waals surface area (Å²) in [7, 11) is 0. The second-order valence-electron chi connectivity index (χ2n) is 6.50. The van der Waals surface area contributed by atoms with Crippen molar-refractivity contribution in [2.45, 2.75) is 13.5 Å². The highest BCUT2D eigenvalue weighted by Crippen LogP contribution is 2.26. The maximum Gasteiger partial charge on any atom is 0.339 e. The summed E-state index contributed by atoms with van der Waals surface area (Å²) in [5, 5.41) is 0.798. The van der Waals surface area contributed by atoms with Gasteiger partial charge >= 0.3 is 5.97 Å². The third-order valence-corrected chi connectivity index (χ3v) is 4.50. The number of benzene rings is 3. The summed E-state index contributed by atoms with van der Waals surface area (Å²) < 4.78 is 5.57. The topological polar surface area (TPSA) is 39.2 Å². The van der Waals surface area contributed by atoms with E-state index >= 15 is 0 Å². The van der Waals surface area contributed by atoms with Crippen LogP contribution in [-0.2, 0) is 11.3 Å². The Hall–Kier alpha value is -3.46. The van der Waals surface area contributed by atoms with Gasteiger partial charge in [0.1, 0.15) is 6.61 Å². The van der Waals surface area contributed by atoms with Crippen molar-refractivity contribution in [2.75, 3.05) is 0 Å². The number of rotatable bonds is 4. The molecule has 0 radical (unpaired) electrons. The van der Waals surface area contributed by atoms with Gasteiger partial charge in [-0.1, -0.05) is 78.4 Å². The number of para-hydroxylation sites is 1. The number of aromatic nitrogens is 1. The molecule has 4 rings (SSSR count). The van der Waals surface area contributed by atoms with Gasteiger partial charge in [-0.25, -0.2) is 9.78 Å². The Labute approximate surface area is 158 Å². The lowest BCUT2D eigenvalue weighted by Crippen LogP contribution is -2.07. The predicted molar refractivity (Wildman–Crippen MR) is 107 cm³/mol. The Morgan fingerprint density at radius 2 is 1.59 bits per heavy atom. The van der Waals surface area contributed by atoms with Crippen LogP contribution in [0.4, 0.5) is 0 Å². The van der Waals surface area contributed by atoms with Crippen LogP contribution in [0.2, 0.25) is 0 Å². The van der Waals surface area contributed by atoms with E-state index in [-0.39, 0.29) is 12.6 Å². The molecule has 132 valence electrons. The van der Waals surface area contributed by atoms with Crippen LogP contribution in [0, 0.1) is 6.92 Å². The van der Waals surface area contributed by atoms with Crippen LogP contribution >= 0.6 is 0 Å². The number of hydrogen-bond acceptors (Lipinski definition) is 3. The predicted octanol–water partition coefficient (Wildman–Crippen LogP) is 5.57. The molecule has 4 aromatic rings. The molecule has 3 aromatic carbocycles. The van der Waals surface area contributed by atoms with E-state index in [1.807, 2.05) is 91.9 Å². The van der Waals surface area contributed by atoms with Crippen molar-refractivity contribution >= 4 is 16.9 Å². The first-order valence-electron chi connectivity index (χ1n) is 8.88. The monoisotopic (exact) mass is 353 g/mol. The molecular weight excluding hydrogens is 334 g/mol. The van der Waals surface area contributed by atoms with E-state index in [2.05, 4.69) is 0 Å². The molecule has 0 bridgehead atoms. The fraction of sp³-hybridized carbons (Fsp3) is 0.0833. The first kappa shape index (κ1) is 17.0. The van der Waals surface area contributed by atoms with E-state index in [4.69, 9.17) is 9.72 Å². The zero-order chi connectivity index (χ0) is 18.6. The van der Waals surface area contributed by atoms with Crippen molar-refractivity contribution in [3.63, 3.8) is 0 Å². The molecule has 0 unspecified atom stereocenters. The van der Waals surface area contributed by atoms with E-state index in [9.17, 15) is 4.79 Å². The number of aryl methyl sites for hydroxylation is 1. The van der Waals surface area contributed by atoms with E-state index in [1.165, 1.54) is 5.56 Å². The lowest BCUT2D eigenvalue weighted by atomic mass is 10.0. The van der Waals surface area contributed by atoms with E-state index in [0.717, 1.165) is 27.7 Å². The van der Waals surface area contributed by atoms with Crippen LogP contribution in [0.25, 0.3) is 22.2 Å². The number of carbonyl (C=O) groups excluding carboxylic acids is 1. The molecule has 3 nitrogen and oxygen atoms in total. The summed E-state index contributed by atoms with van der Waals surface area (Å²) in [5.41, 5.74) is 5.20. The van der Waals surface area contributed by atoms with Crippen LogP contribution in [0.5, 0.6) is 0 Å². The lowest BCUT2D eigenvalue weighted by molar-refractivity contribution is 0.0475. The number of ether oxygens (including phenoxy) is 1. The maximum absolute atomic E-state index is 12.8. The smallest absolute Gasteiger partial charge is 0.339 e. The Morgan fingerprint density at radius 1 is 0.889 bits per heavy atom. The second-order valence-corrected chi connectivity index (χ2v) is 6.50. The number of fused-ring (bicyclic) bond motifs is 1. The highest BCUT2D eigenvalue weighted by atomic mass is 16.5. The van der Waals surface area contributed by atoms with Crippen molar-refractivity contribution in [2.24, 2.45) is 0 Å². The van der Waals surface area contributed by atoms with Crippen LogP contribution in [0.3, 0.4) is 0 Å². The van der Waals surface area contributed by atoms with Gasteiger partial charge in [0.25, 0.3) is 0 Å². The highest BCUT2D eigenvalue weighted by molar-refractivity contribution is 6.04. The van der Waals surface area contributed by atoms with Crippen LogP contribution < -0.4 is 0 Å². The van der Waals surface area contributed by atoms with E-state index < -0.39 is 0 Å². The number of hydrogen-bond donors (Lipinski definition) is 0. The molecule has 0 aliphatic heterocycles. The standard InChI is InChI=1S/C24H19NO2/c1-17-11-13-19(14-12-17)23-15-21(20-9-5-6-10-22(20)25-23)24(26)27-16-18-7-3-2-4-8-18/h2-15H,16H2,1H3. The van der Waals surface area contributed by atoms with Gasteiger partial charge in [0.2, 0.25) is 0 Å². The molecule has 0 amide bonds. The molecule has 0 spiro atoms. The van der Waals surface area contributed by atoms with Crippen LogP contribution in [0.1, 0.15) is 21.5 Å². The molecule has 1 aromatic heterocycles. The van der Waals surface area contributed by atoms with Gasteiger partial charge in [0.15, 0.2) is 0 Å². The SMILES string of the molecule is Cc1ccc(-c2cc(C(=O)OCc3ccccc3)c3ccccc3n2)cc1. The average Bonchev–Trinajstić information content (AvgIpc) is 2.72. The molecule has 0 atom stereocenters. The molecule has 27 heavy (non-hydrogen) atoms. The zero-order valence-corrected chi connectivity index (χ0v) is 15.1. The molecule has 0 N–H and O–H groups in total. The summed E-state index contributed by atoms with van der Waals surface area (Å²) in [6, 6.07) is 27.3. The summed E-state index contributed by atoms with van der Waals surface area (Å²) in [4.78, 5) is 17.5. The lowest BCUT2D eigenvalue weighted by Gasteiger charge is -2.10. The van der Waals surface area contributed by atoms with Crippen molar-refractivity contribution in [3.05, 3.63) is 102 Å². The van der Waals surface area contributed by atoms with Crippen molar-refractivity contribution in [1.82, 2.24) is 4.98 Å². The van der Waals surface area contributed by atoms with Gasteiger partial charge in [-0.05, 0) is 24.6 Å². The van der Waals surface area contributed by atoms with Gasteiger partial charge in [0.05, 0.1) is 16.8 Å². The number of carbonyl (C=O) groups is 1. The first-order chi connectivity index (χ1) is 13.2. The van der Waals surface area contributed by atoms with Crippen molar-refractivity contribution in [1.29, 1.82) is 0 Å². The normalized spacial score (nSPS) is 10.7. The summed E-state index contributed by atoms with van der Waals surface area (Å²) in [6.07, 6.45) is 0.